The van der Waals surface area contributed by atoms with Gasteiger partial charge in [-0.25, -0.2) is 4.98 Å². The lowest BCUT2D eigenvalue weighted by Gasteiger charge is -2.15. The van der Waals surface area contributed by atoms with Gasteiger partial charge in [-0.15, -0.1) is 11.8 Å². The molecule has 0 unspecified atom stereocenters. The van der Waals surface area contributed by atoms with Crippen LogP contribution in [0.5, 0.6) is 0 Å². The largest absolute Gasteiger partial charge is 0.440 e. The fraction of sp³-hybridized carbons (Fsp3) is 0.417. The first-order valence-corrected chi connectivity index (χ1v) is 6.21. The van der Waals surface area contributed by atoms with Crippen molar-refractivity contribution in [2.24, 2.45) is 0 Å². The summed E-state index contributed by atoms with van der Waals surface area (Å²) >= 11 is 1.82. The summed E-state index contributed by atoms with van der Waals surface area (Å²) in [7, 11) is 0. The third-order valence-electron chi connectivity index (χ3n) is 2.09. The molecule has 2 rings (SSSR count). The first kappa shape index (κ1) is 11.3. The number of aromatic nitrogens is 1. The summed E-state index contributed by atoms with van der Waals surface area (Å²) in [6.45, 7) is 6.54. The number of anilines is 1. The Hall–Kier alpha value is -1.16. The number of nitrogen functional groups attached to an aromatic ring is 1. The van der Waals surface area contributed by atoms with E-state index in [1.165, 1.54) is 0 Å². The Morgan fingerprint density at radius 3 is 2.81 bits per heavy atom. The summed E-state index contributed by atoms with van der Waals surface area (Å²) < 4.78 is 5.85. The van der Waals surface area contributed by atoms with E-state index in [9.17, 15) is 0 Å². The van der Waals surface area contributed by atoms with Crippen molar-refractivity contribution in [1.82, 2.24) is 4.98 Å². The van der Waals surface area contributed by atoms with E-state index >= 15 is 0 Å². The van der Waals surface area contributed by atoms with Crippen LogP contribution in [0, 0.1) is 0 Å². The Morgan fingerprint density at radius 1 is 1.38 bits per heavy atom. The van der Waals surface area contributed by atoms with E-state index < -0.39 is 0 Å². The number of hydrogen-bond acceptors (Lipinski definition) is 4. The molecule has 0 aliphatic rings. The number of oxazole rings is 1. The highest BCUT2D eigenvalue weighted by molar-refractivity contribution is 7.99. The minimum Gasteiger partial charge on any atom is -0.440 e. The van der Waals surface area contributed by atoms with Gasteiger partial charge in [0.1, 0.15) is 5.52 Å². The van der Waals surface area contributed by atoms with Crippen LogP contribution in [0.3, 0.4) is 0 Å². The summed E-state index contributed by atoms with van der Waals surface area (Å²) in [5.41, 5.74) is 8.03. The highest BCUT2D eigenvalue weighted by Crippen LogP contribution is 2.28. The van der Waals surface area contributed by atoms with Crippen molar-refractivity contribution in [3.8, 4) is 0 Å². The van der Waals surface area contributed by atoms with Crippen molar-refractivity contribution in [2.45, 2.75) is 31.3 Å². The molecule has 0 atom stereocenters. The van der Waals surface area contributed by atoms with Crippen molar-refractivity contribution < 1.29 is 4.42 Å². The molecular weight excluding hydrogens is 220 g/mol. The number of rotatable bonds is 2. The fourth-order valence-electron chi connectivity index (χ4n) is 1.33. The van der Waals surface area contributed by atoms with Crippen LogP contribution < -0.4 is 5.73 Å². The molecule has 1 heterocycles. The van der Waals surface area contributed by atoms with Gasteiger partial charge in [-0.3, -0.25) is 0 Å². The second-order valence-corrected chi connectivity index (χ2v) is 6.54. The molecule has 0 fully saturated rings. The fourth-order valence-corrected chi connectivity index (χ4v) is 2.01. The normalized spacial score (nSPS) is 12.2. The number of hydrogen-bond donors (Lipinski definition) is 1. The molecule has 16 heavy (non-hydrogen) atoms. The average molecular weight is 236 g/mol. The number of thioether (sulfide) groups is 1. The maximum atomic E-state index is 5.68. The van der Waals surface area contributed by atoms with Crippen LogP contribution in [0.4, 0.5) is 5.69 Å². The predicted molar refractivity (Wildman–Crippen MR) is 69.5 cm³/mol. The molecule has 0 spiro atoms. The van der Waals surface area contributed by atoms with Crippen LogP contribution in [0.1, 0.15) is 26.7 Å². The molecule has 86 valence electrons. The average Bonchev–Trinajstić information content (AvgIpc) is 2.55. The van der Waals surface area contributed by atoms with E-state index in [-0.39, 0.29) is 4.75 Å². The van der Waals surface area contributed by atoms with Gasteiger partial charge in [0.15, 0.2) is 5.58 Å². The molecule has 0 aliphatic heterocycles. The predicted octanol–water partition coefficient (Wildman–Crippen LogP) is 3.44. The molecule has 1 aromatic carbocycles. The second-order valence-electron chi connectivity index (χ2n) is 4.74. The molecule has 1 aromatic heterocycles. The topological polar surface area (TPSA) is 52.0 Å². The van der Waals surface area contributed by atoms with Gasteiger partial charge in [-0.1, -0.05) is 20.8 Å². The van der Waals surface area contributed by atoms with Gasteiger partial charge in [-0.05, 0) is 12.1 Å². The summed E-state index contributed by atoms with van der Waals surface area (Å²) in [5, 5.41) is 0. The summed E-state index contributed by atoms with van der Waals surface area (Å²) in [4.78, 5) is 4.41. The monoisotopic (exact) mass is 236 g/mol. The number of benzene rings is 1. The summed E-state index contributed by atoms with van der Waals surface area (Å²) in [5.74, 6) is 1.55. The molecular formula is C12H16N2OS. The van der Waals surface area contributed by atoms with Crippen LogP contribution in [0.15, 0.2) is 22.6 Å². The quantitative estimate of drug-likeness (QED) is 0.811. The number of nitrogens with zero attached hydrogens (tertiary/aromatic N) is 1. The Labute approximate surface area is 99.4 Å². The minimum absolute atomic E-state index is 0.222. The van der Waals surface area contributed by atoms with Crippen molar-refractivity contribution in [1.29, 1.82) is 0 Å². The van der Waals surface area contributed by atoms with Gasteiger partial charge in [-0.2, -0.15) is 0 Å². The van der Waals surface area contributed by atoms with Crippen molar-refractivity contribution >= 4 is 28.5 Å². The molecule has 4 heteroatoms. The van der Waals surface area contributed by atoms with Gasteiger partial charge in [0.2, 0.25) is 5.89 Å². The van der Waals surface area contributed by atoms with Gasteiger partial charge in [0, 0.05) is 16.5 Å². The summed E-state index contributed by atoms with van der Waals surface area (Å²) in [6, 6.07) is 5.54. The van der Waals surface area contributed by atoms with Crippen LogP contribution in [0.2, 0.25) is 0 Å². The maximum Gasteiger partial charge on any atom is 0.205 e. The molecule has 0 saturated heterocycles. The first-order chi connectivity index (χ1) is 7.44. The van der Waals surface area contributed by atoms with Crippen molar-refractivity contribution in [3.63, 3.8) is 0 Å². The van der Waals surface area contributed by atoms with Gasteiger partial charge < -0.3 is 10.2 Å². The Balaban J connectivity index is 2.20. The third kappa shape index (κ3) is 2.70. The molecule has 0 amide bonds. The molecule has 0 bridgehead atoms. The number of fused-ring (bicyclic) bond motifs is 1. The molecule has 2 aromatic rings. The van der Waals surface area contributed by atoms with Crippen LogP contribution >= 0.6 is 11.8 Å². The molecule has 0 aliphatic carbocycles. The lowest BCUT2D eigenvalue weighted by Crippen LogP contribution is -2.07. The van der Waals surface area contributed by atoms with Crippen LogP contribution in [-0.2, 0) is 5.75 Å². The Morgan fingerprint density at radius 2 is 2.12 bits per heavy atom. The van der Waals surface area contributed by atoms with E-state index in [0.29, 0.717) is 5.69 Å². The second kappa shape index (κ2) is 4.01. The zero-order valence-corrected chi connectivity index (χ0v) is 10.6. The van der Waals surface area contributed by atoms with Crippen molar-refractivity contribution in [2.75, 3.05) is 5.73 Å². The zero-order valence-electron chi connectivity index (χ0n) is 9.78. The Bertz CT molecular complexity index is 499. The lowest BCUT2D eigenvalue weighted by atomic mass is 10.3. The SMILES string of the molecule is CC(C)(C)SCc1nc2ccc(N)cc2o1. The summed E-state index contributed by atoms with van der Waals surface area (Å²) in [6.07, 6.45) is 0. The van der Waals surface area contributed by atoms with Gasteiger partial charge in [0.25, 0.3) is 0 Å². The minimum atomic E-state index is 0.222. The molecule has 0 saturated carbocycles. The number of nitrogens with two attached hydrogens (primary N) is 1. The smallest absolute Gasteiger partial charge is 0.205 e. The van der Waals surface area contributed by atoms with Gasteiger partial charge >= 0.3 is 0 Å². The van der Waals surface area contributed by atoms with E-state index in [0.717, 1.165) is 22.7 Å². The van der Waals surface area contributed by atoms with E-state index in [4.69, 9.17) is 10.2 Å². The third-order valence-corrected chi connectivity index (χ3v) is 3.34. The Kier molecular flexibility index (Phi) is 2.84. The highest BCUT2D eigenvalue weighted by Gasteiger charge is 2.13. The first-order valence-electron chi connectivity index (χ1n) is 5.23. The van der Waals surface area contributed by atoms with Crippen LogP contribution in [0.25, 0.3) is 11.1 Å². The van der Waals surface area contributed by atoms with Crippen LogP contribution in [-0.4, -0.2) is 9.73 Å². The molecule has 0 radical (unpaired) electrons. The lowest BCUT2D eigenvalue weighted by molar-refractivity contribution is 0.555. The van der Waals surface area contributed by atoms with Gasteiger partial charge in [0.05, 0.1) is 5.75 Å². The molecule has 3 nitrogen and oxygen atoms in total. The highest BCUT2D eigenvalue weighted by atomic mass is 32.2. The van der Waals surface area contributed by atoms with E-state index in [1.54, 1.807) is 0 Å². The maximum absolute atomic E-state index is 5.68. The zero-order chi connectivity index (χ0) is 11.8. The van der Waals surface area contributed by atoms with Crippen molar-refractivity contribution in [3.05, 3.63) is 24.1 Å². The standard InChI is InChI=1S/C12H16N2OS/c1-12(2,3)16-7-11-14-9-5-4-8(13)6-10(9)15-11/h4-6H,7,13H2,1-3H3. The van der Waals surface area contributed by atoms with E-state index in [2.05, 4.69) is 25.8 Å². The molecule has 2 N–H and O–H groups in total. The van der Waals surface area contributed by atoms with E-state index in [1.807, 2.05) is 30.0 Å².